The Bertz CT molecular complexity index is 479. The maximum Gasteiger partial charge on any atom is 0.416 e. The van der Waals surface area contributed by atoms with Crippen molar-refractivity contribution in [2.45, 2.75) is 32.5 Å². The summed E-state index contributed by atoms with van der Waals surface area (Å²) in [6, 6.07) is 3.83. The number of rotatable bonds is 7. The summed E-state index contributed by atoms with van der Waals surface area (Å²) < 4.78 is 42.4. The van der Waals surface area contributed by atoms with Gasteiger partial charge in [0.2, 0.25) is 5.91 Å². The Morgan fingerprint density at radius 2 is 1.83 bits per heavy atom. The molecule has 0 saturated carbocycles. The van der Waals surface area contributed by atoms with Gasteiger partial charge in [-0.05, 0) is 36.6 Å². The van der Waals surface area contributed by atoms with Gasteiger partial charge in [-0.2, -0.15) is 13.2 Å². The Balaban J connectivity index is 0.00000484. The van der Waals surface area contributed by atoms with Crippen molar-refractivity contribution in [2.24, 2.45) is 11.7 Å². The molecule has 0 saturated heterocycles. The van der Waals surface area contributed by atoms with Gasteiger partial charge in [0.15, 0.2) is 0 Å². The molecular formula is C15H22ClF3N2O2. The second-order valence-corrected chi connectivity index (χ2v) is 5.40. The summed E-state index contributed by atoms with van der Waals surface area (Å²) in [5.41, 5.74) is 4.98. The highest BCUT2D eigenvalue weighted by atomic mass is 35.5. The van der Waals surface area contributed by atoms with Crippen LogP contribution in [0.25, 0.3) is 0 Å². The molecular weight excluding hydrogens is 333 g/mol. The molecule has 0 unspecified atom stereocenters. The summed E-state index contributed by atoms with van der Waals surface area (Å²) in [5.74, 6) is 0.377. The Kier molecular flexibility index (Phi) is 9.01. The fourth-order valence-electron chi connectivity index (χ4n) is 1.83. The standard InChI is InChI=1S/C15H21F3N2O2.ClH/c1-10(2)9-13(19)14(21)20-7-8-22-12-5-3-11(4-6-12)15(16,17)18;/h3-6,10,13H,7-9,19H2,1-2H3,(H,20,21);1H/t13-;/m0./s1. The van der Waals surface area contributed by atoms with Crippen molar-refractivity contribution in [1.29, 1.82) is 0 Å². The van der Waals surface area contributed by atoms with Gasteiger partial charge in [0.25, 0.3) is 0 Å². The van der Waals surface area contributed by atoms with Crippen LogP contribution >= 0.6 is 12.4 Å². The third-order valence-corrected chi connectivity index (χ3v) is 2.91. The molecule has 1 amide bonds. The van der Waals surface area contributed by atoms with E-state index in [1.54, 1.807) is 0 Å². The van der Waals surface area contributed by atoms with Crippen LogP contribution in [0.5, 0.6) is 5.75 Å². The smallest absolute Gasteiger partial charge is 0.416 e. The average Bonchev–Trinajstić information content (AvgIpc) is 2.42. The fraction of sp³-hybridized carbons (Fsp3) is 0.533. The molecule has 0 spiro atoms. The zero-order valence-electron chi connectivity index (χ0n) is 13.0. The molecule has 0 aliphatic rings. The highest BCUT2D eigenvalue weighted by Gasteiger charge is 2.29. The lowest BCUT2D eigenvalue weighted by atomic mass is 10.0. The molecule has 132 valence electrons. The number of alkyl halides is 3. The lowest BCUT2D eigenvalue weighted by molar-refractivity contribution is -0.137. The summed E-state index contributed by atoms with van der Waals surface area (Å²) in [7, 11) is 0. The van der Waals surface area contributed by atoms with E-state index in [1.807, 2.05) is 13.8 Å². The van der Waals surface area contributed by atoms with Gasteiger partial charge in [-0.15, -0.1) is 12.4 Å². The molecule has 0 aliphatic heterocycles. The van der Waals surface area contributed by atoms with Gasteiger partial charge in [0.1, 0.15) is 12.4 Å². The van der Waals surface area contributed by atoms with Crippen molar-refractivity contribution in [2.75, 3.05) is 13.2 Å². The van der Waals surface area contributed by atoms with Gasteiger partial charge >= 0.3 is 6.18 Å². The van der Waals surface area contributed by atoms with E-state index >= 15 is 0 Å². The number of carbonyl (C=O) groups is 1. The second-order valence-electron chi connectivity index (χ2n) is 5.40. The lowest BCUT2D eigenvalue weighted by Crippen LogP contribution is -2.42. The largest absolute Gasteiger partial charge is 0.492 e. The highest BCUT2D eigenvalue weighted by Crippen LogP contribution is 2.30. The number of hydrogen-bond acceptors (Lipinski definition) is 3. The molecule has 1 rings (SSSR count). The van der Waals surface area contributed by atoms with Gasteiger partial charge in [0.05, 0.1) is 18.2 Å². The van der Waals surface area contributed by atoms with E-state index in [1.165, 1.54) is 12.1 Å². The molecule has 0 fully saturated rings. The number of amides is 1. The van der Waals surface area contributed by atoms with Crippen molar-refractivity contribution in [1.82, 2.24) is 5.32 Å². The summed E-state index contributed by atoms with van der Waals surface area (Å²) in [6.45, 7) is 4.35. The normalized spacial score (nSPS) is 12.5. The van der Waals surface area contributed by atoms with Crippen LogP contribution in [-0.4, -0.2) is 25.1 Å². The van der Waals surface area contributed by atoms with Gasteiger partial charge in [0, 0.05) is 0 Å². The average molecular weight is 355 g/mol. The minimum atomic E-state index is -4.36. The van der Waals surface area contributed by atoms with E-state index in [9.17, 15) is 18.0 Å². The third kappa shape index (κ3) is 8.08. The van der Waals surface area contributed by atoms with E-state index in [4.69, 9.17) is 10.5 Å². The van der Waals surface area contributed by atoms with E-state index in [0.717, 1.165) is 12.1 Å². The molecule has 8 heteroatoms. The van der Waals surface area contributed by atoms with Crippen LogP contribution in [0.1, 0.15) is 25.8 Å². The number of carbonyl (C=O) groups excluding carboxylic acids is 1. The van der Waals surface area contributed by atoms with Crippen LogP contribution < -0.4 is 15.8 Å². The predicted octanol–water partition coefficient (Wildman–Crippen LogP) is 3.00. The number of benzene rings is 1. The van der Waals surface area contributed by atoms with Crippen molar-refractivity contribution < 1.29 is 22.7 Å². The molecule has 0 bridgehead atoms. The molecule has 1 aromatic carbocycles. The van der Waals surface area contributed by atoms with Crippen molar-refractivity contribution in [3.63, 3.8) is 0 Å². The summed E-state index contributed by atoms with van der Waals surface area (Å²) in [4.78, 5) is 11.6. The number of nitrogens with one attached hydrogen (secondary N) is 1. The third-order valence-electron chi connectivity index (χ3n) is 2.91. The first kappa shape index (κ1) is 21.5. The van der Waals surface area contributed by atoms with Gasteiger partial charge in [-0.1, -0.05) is 13.8 Å². The molecule has 23 heavy (non-hydrogen) atoms. The Hall–Kier alpha value is -1.47. The number of ether oxygens (including phenoxy) is 1. The molecule has 4 nitrogen and oxygen atoms in total. The van der Waals surface area contributed by atoms with Crippen LogP contribution in [0.2, 0.25) is 0 Å². The first-order valence-corrected chi connectivity index (χ1v) is 7.03. The zero-order chi connectivity index (χ0) is 16.8. The number of hydrogen-bond donors (Lipinski definition) is 2. The molecule has 1 atom stereocenters. The predicted molar refractivity (Wildman–Crippen MR) is 84.6 cm³/mol. The highest BCUT2D eigenvalue weighted by molar-refractivity contribution is 5.85. The quantitative estimate of drug-likeness (QED) is 0.740. The van der Waals surface area contributed by atoms with Crippen LogP contribution in [0.4, 0.5) is 13.2 Å². The number of nitrogens with two attached hydrogens (primary N) is 1. The molecule has 0 radical (unpaired) electrons. The summed E-state index contributed by atoms with van der Waals surface area (Å²) in [6.07, 6.45) is -3.77. The first-order valence-electron chi connectivity index (χ1n) is 7.03. The van der Waals surface area contributed by atoms with E-state index in [2.05, 4.69) is 5.32 Å². The molecule has 3 N–H and O–H groups in total. The maximum absolute atomic E-state index is 12.4. The summed E-state index contributed by atoms with van der Waals surface area (Å²) in [5, 5.41) is 2.62. The monoisotopic (exact) mass is 354 g/mol. The fourth-order valence-corrected chi connectivity index (χ4v) is 1.83. The molecule has 0 heterocycles. The minimum absolute atomic E-state index is 0. The topological polar surface area (TPSA) is 64.4 Å². The second kappa shape index (κ2) is 9.62. The van der Waals surface area contributed by atoms with Crippen molar-refractivity contribution in [3.05, 3.63) is 29.8 Å². The summed E-state index contributed by atoms with van der Waals surface area (Å²) >= 11 is 0. The lowest BCUT2D eigenvalue weighted by Gasteiger charge is -2.14. The van der Waals surface area contributed by atoms with Crippen LogP contribution in [-0.2, 0) is 11.0 Å². The van der Waals surface area contributed by atoms with Crippen LogP contribution in [0, 0.1) is 5.92 Å². The van der Waals surface area contributed by atoms with Crippen LogP contribution in [0.3, 0.4) is 0 Å². The maximum atomic E-state index is 12.4. The SMILES string of the molecule is CC(C)C[C@H](N)C(=O)NCCOc1ccc(C(F)(F)F)cc1.Cl. The van der Waals surface area contributed by atoms with E-state index in [0.29, 0.717) is 18.1 Å². The van der Waals surface area contributed by atoms with Gasteiger partial charge in [-0.25, -0.2) is 0 Å². The minimum Gasteiger partial charge on any atom is -0.492 e. The number of halogens is 4. The van der Waals surface area contributed by atoms with Gasteiger partial charge in [-0.3, -0.25) is 4.79 Å². The van der Waals surface area contributed by atoms with E-state index < -0.39 is 17.8 Å². The Labute approximate surface area is 140 Å². The van der Waals surface area contributed by atoms with Gasteiger partial charge < -0.3 is 15.8 Å². The Morgan fingerprint density at radius 1 is 1.26 bits per heavy atom. The zero-order valence-corrected chi connectivity index (χ0v) is 13.8. The molecule has 0 aromatic heterocycles. The van der Waals surface area contributed by atoms with Crippen molar-refractivity contribution >= 4 is 18.3 Å². The van der Waals surface area contributed by atoms with E-state index in [-0.39, 0.29) is 31.5 Å². The van der Waals surface area contributed by atoms with Crippen LogP contribution in [0.15, 0.2) is 24.3 Å². The Morgan fingerprint density at radius 3 is 2.30 bits per heavy atom. The first-order chi connectivity index (χ1) is 10.2. The van der Waals surface area contributed by atoms with Crippen molar-refractivity contribution in [3.8, 4) is 5.75 Å². The molecule has 0 aliphatic carbocycles. The molecule has 1 aromatic rings.